The van der Waals surface area contributed by atoms with E-state index >= 15 is 0 Å². The van der Waals surface area contributed by atoms with Crippen LogP contribution in [0.1, 0.15) is 40.3 Å². The van der Waals surface area contributed by atoms with Crippen molar-refractivity contribution in [3.05, 3.63) is 53.1 Å². The van der Waals surface area contributed by atoms with E-state index in [4.69, 9.17) is 5.73 Å². The Kier molecular flexibility index (Phi) is 4.91. The highest BCUT2D eigenvalue weighted by atomic mass is 32.2. The van der Waals surface area contributed by atoms with E-state index in [1.54, 1.807) is 24.3 Å². The van der Waals surface area contributed by atoms with Crippen LogP contribution < -0.4 is 5.73 Å². The number of nitrogens with two attached hydrogens (primary N) is 1. The van der Waals surface area contributed by atoms with Crippen LogP contribution >= 0.6 is 0 Å². The van der Waals surface area contributed by atoms with Crippen LogP contribution in [0.25, 0.3) is 0 Å². The van der Waals surface area contributed by atoms with Gasteiger partial charge in [0.2, 0.25) is 15.9 Å². The number of carbonyl (C=O) groups is 1. The first-order chi connectivity index (χ1) is 11.8. The monoisotopic (exact) mass is 362 g/mol. The van der Waals surface area contributed by atoms with Crippen molar-refractivity contribution in [1.82, 2.24) is 13.9 Å². The molecule has 0 aliphatic carbocycles. The van der Waals surface area contributed by atoms with E-state index < -0.39 is 15.9 Å². The summed E-state index contributed by atoms with van der Waals surface area (Å²) in [4.78, 5) is 15.9. The average molecular weight is 362 g/mol. The van der Waals surface area contributed by atoms with Crippen LogP contribution in [0.5, 0.6) is 0 Å². The van der Waals surface area contributed by atoms with Gasteiger partial charge in [0, 0.05) is 31.3 Å². The summed E-state index contributed by atoms with van der Waals surface area (Å²) in [6.45, 7) is 1.31. The highest BCUT2D eigenvalue weighted by Gasteiger charge is 2.21. The average Bonchev–Trinajstić information content (AvgIpc) is 2.96. The number of nitrogens with zero attached hydrogens (tertiary/aromatic N) is 3. The maximum absolute atomic E-state index is 12.2. The van der Waals surface area contributed by atoms with E-state index in [0.717, 1.165) is 37.3 Å². The Balaban J connectivity index is 1.82. The lowest BCUT2D eigenvalue weighted by atomic mass is 10.1. The van der Waals surface area contributed by atoms with E-state index in [0.29, 0.717) is 11.1 Å². The second kappa shape index (κ2) is 6.97. The second-order valence-electron chi connectivity index (χ2n) is 6.39. The summed E-state index contributed by atoms with van der Waals surface area (Å²) >= 11 is 0. The molecule has 2 aromatic rings. The van der Waals surface area contributed by atoms with Crippen molar-refractivity contribution in [2.24, 2.45) is 5.73 Å². The third-order valence-electron chi connectivity index (χ3n) is 4.34. The van der Waals surface area contributed by atoms with E-state index in [1.807, 2.05) is 6.20 Å². The first-order valence-electron chi connectivity index (χ1n) is 8.22. The molecule has 25 heavy (non-hydrogen) atoms. The number of rotatable bonds is 6. The fraction of sp³-hybridized carbons (Fsp3) is 0.412. The number of imidazole rings is 1. The lowest BCUT2D eigenvalue weighted by Crippen LogP contribution is -2.29. The van der Waals surface area contributed by atoms with Gasteiger partial charge in [0.1, 0.15) is 5.82 Å². The van der Waals surface area contributed by atoms with Crippen LogP contribution in [-0.4, -0.2) is 34.4 Å². The first-order valence-corrected chi connectivity index (χ1v) is 10.1. The van der Waals surface area contributed by atoms with Crippen LogP contribution in [0.3, 0.4) is 0 Å². The molecule has 0 unspecified atom stereocenters. The zero-order valence-corrected chi connectivity index (χ0v) is 15.0. The topological polar surface area (TPSA) is 98.3 Å². The van der Waals surface area contributed by atoms with E-state index in [-0.39, 0.29) is 13.1 Å². The fourth-order valence-corrected chi connectivity index (χ4v) is 3.80. The number of benzene rings is 1. The Morgan fingerprint density at radius 3 is 2.80 bits per heavy atom. The fourth-order valence-electron chi connectivity index (χ4n) is 3.05. The second-order valence-corrected chi connectivity index (χ2v) is 8.38. The van der Waals surface area contributed by atoms with Gasteiger partial charge in [0.05, 0.1) is 18.5 Å². The van der Waals surface area contributed by atoms with E-state index in [9.17, 15) is 13.2 Å². The van der Waals surface area contributed by atoms with Gasteiger partial charge in [-0.2, -0.15) is 4.31 Å². The number of aromatic nitrogens is 2. The van der Waals surface area contributed by atoms with Crippen LogP contribution in [0.4, 0.5) is 0 Å². The third-order valence-corrected chi connectivity index (χ3v) is 5.53. The van der Waals surface area contributed by atoms with Crippen LogP contribution in [-0.2, 0) is 36.1 Å². The van der Waals surface area contributed by atoms with Gasteiger partial charge in [-0.25, -0.2) is 13.4 Å². The van der Waals surface area contributed by atoms with Gasteiger partial charge in [-0.1, -0.05) is 12.1 Å². The molecule has 3 rings (SSSR count). The van der Waals surface area contributed by atoms with Crippen molar-refractivity contribution >= 4 is 15.9 Å². The zero-order chi connectivity index (χ0) is 18.0. The minimum Gasteiger partial charge on any atom is -0.366 e. The molecule has 8 heteroatoms. The molecule has 0 saturated carbocycles. The summed E-state index contributed by atoms with van der Waals surface area (Å²) < 4.78 is 27.9. The lowest BCUT2D eigenvalue weighted by molar-refractivity contribution is 0.1000. The highest BCUT2D eigenvalue weighted by molar-refractivity contribution is 7.88. The number of hydrogen-bond donors (Lipinski definition) is 1. The molecule has 0 fully saturated rings. The molecular formula is C17H22N4O3S. The van der Waals surface area contributed by atoms with Crippen molar-refractivity contribution in [1.29, 1.82) is 0 Å². The van der Waals surface area contributed by atoms with Crippen molar-refractivity contribution in [2.75, 3.05) is 6.26 Å². The zero-order valence-electron chi connectivity index (χ0n) is 14.2. The van der Waals surface area contributed by atoms with Crippen molar-refractivity contribution in [3.63, 3.8) is 0 Å². The van der Waals surface area contributed by atoms with Crippen molar-refractivity contribution < 1.29 is 13.2 Å². The molecule has 2 N–H and O–H groups in total. The summed E-state index contributed by atoms with van der Waals surface area (Å²) in [5.74, 6) is 0.486. The van der Waals surface area contributed by atoms with Gasteiger partial charge in [-0.05, 0) is 30.5 Å². The van der Waals surface area contributed by atoms with Crippen LogP contribution in [0.15, 0.2) is 30.5 Å². The molecule has 2 heterocycles. The standard InChI is InChI=1S/C17H22N4O3S/c1-25(23,24)21(10-13-5-4-6-14(9-13)17(18)22)12-15-11-20-8-3-2-7-16(20)19-15/h4-6,9,11H,2-3,7-8,10,12H2,1H3,(H2,18,22). The highest BCUT2D eigenvalue weighted by Crippen LogP contribution is 2.18. The Bertz CT molecular complexity index is 866. The number of hydrogen-bond acceptors (Lipinski definition) is 4. The van der Waals surface area contributed by atoms with Gasteiger partial charge < -0.3 is 10.3 Å². The van der Waals surface area contributed by atoms with E-state index in [1.165, 1.54) is 10.6 Å². The summed E-state index contributed by atoms with van der Waals surface area (Å²) in [6, 6.07) is 6.72. The van der Waals surface area contributed by atoms with Gasteiger partial charge in [0.15, 0.2) is 0 Å². The van der Waals surface area contributed by atoms with Crippen LogP contribution in [0.2, 0.25) is 0 Å². The van der Waals surface area contributed by atoms with Gasteiger partial charge in [-0.15, -0.1) is 0 Å². The Morgan fingerprint density at radius 1 is 1.32 bits per heavy atom. The third kappa shape index (κ3) is 4.26. The van der Waals surface area contributed by atoms with Gasteiger partial charge in [0.25, 0.3) is 0 Å². The normalized spacial score (nSPS) is 14.5. The molecule has 1 aliphatic rings. The number of primary amides is 1. The molecular weight excluding hydrogens is 340 g/mol. The molecule has 0 radical (unpaired) electrons. The van der Waals surface area contributed by atoms with Crippen molar-refractivity contribution in [3.8, 4) is 0 Å². The van der Waals surface area contributed by atoms with E-state index in [2.05, 4.69) is 9.55 Å². The maximum Gasteiger partial charge on any atom is 0.248 e. The predicted octanol–water partition coefficient (Wildman–Crippen LogP) is 1.28. The Labute approximate surface area is 147 Å². The van der Waals surface area contributed by atoms with Crippen LogP contribution in [0, 0.1) is 0 Å². The van der Waals surface area contributed by atoms with Gasteiger partial charge >= 0.3 is 0 Å². The first kappa shape index (κ1) is 17.6. The summed E-state index contributed by atoms with van der Waals surface area (Å²) in [7, 11) is -3.43. The van der Waals surface area contributed by atoms with Crippen molar-refractivity contribution in [2.45, 2.75) is 38.9 Å². The largest absolute Gasteiger partial charge is 0.366 e. The quantitative estimate of drug-likeness (QED) is 0.837. The molecule has 0 atom stereocenters. The maximum atomic E-state index is 12.2. The molecule has 0 bridgehead atoms. The summed E-state index contributed by atoms with van der Waals surface area (Å²) in [5.41, 5.74) is 7.12. The molecule has 1 amide bonds. The number of fused-ring (bicyclic) bond motifs is 1. The number of sulfonamides is 1. The minimum absolute atomic E-state index is 0.169. The minimum atomic E-state index is -3.43. The molecule has 7 nitrogen and oxygen atoms in total. The summed E-state index contributed by atoms with van der Waals surface area (Å²) in [6.07, 6.45) is 6.29. The Morgan fingerprint density at radius 2 is 2.12 bits per heavy atom. The Hall–Kier alpha value is -2.19. The van der Waals surface area contributed by atoms with Gasteiger partial charge in [-0.3, -0.25) is 4.79 Å². The number of amides is 1. The molecule has 1 aromatic heterocycles. The smallest absolute Gasteiger partial charge is 0.248 e. The SMILES string of the molecule is CS(=O)(=O)N(Cc1cccc(C(N)=O)c1)Cc1cn2c(n1)CCCC2. The number of carbonyl (C=O) groups excluding carboxylic acids is 1. The summed E-state index contributed by atoms with van der Waals surface area (Å²) in [5, 5.41) is 0. The molecule has 0 spiro atoms. The molecule has 1 aromatic carbocycles. The molecule has 0 saturated heterocycles. The molecule has 134 valence electrons. The predicted molar refractivity (Wildman–Crippen MR) is 94.2 cm³/mol. The lowest BCUT2D eigenvalue weighted by Gasteiger charge is -2.19. The molecule has 1 aliphatic heterocycles. The number of aryl methyl sites for hydroxylation is 2.